The zero-order valence-electron chi connectivity index (χ0n) is 7.81. The quantitative estimate of drug-likeness (QED) is 0.753. The van der Waals surface area contributed by atoms with Crippen molar-refractivity contribution < 1.29 is 0 Å². The number of pyridine rings is 1. The third-order valence-electron chi connectivity index (χ3n) is 2.59. The average Bonchev–Trinajstić information content (AvgIpc) is 2.53. The Balaban J connectivity index is 0.000000845. The number of hydrogen-bond donors (Lipinski definition) is 0. The SMILES string of the molecule is Br.CN1CCC[C@H]1c1cccnc1. The van der Waals surface area contributed by atoms with E-state index in [4.69, 9.17) is 0 Å². The molecule has 1 fully saturated rings. The third kappa shape index (κ3) is 2.29. The van der Waals surface area contributed by atoms with E-state index in [9.17, 15) is 0 Å². The fourth-order valence-electron chi connectivity index (χ4n) is 1.90. The average molecular weight is 243 g/mol. The molecule has 3 heteroatoms. The standard InChI is InChI=1S/C10H14N2.BrH/c1-12-7-3-5-10(12)9-4-2-6-11-8-9;/h2,4,6,8,10H,3,5,7H2,1H3;1H/t10-;/m0./s1. The van der Waals surface area contributed by atoms with Gasteiger partial charge in [0.15, 0.2) is 0 Å². The second-order valence-electron chi connectivity index (χ2n) is 3.42. The van der Waals surface area contributed by atoms with Crippen LogP contribution in [0.5, 0.6) is 0 Å². The predicted octanol–water partition coefficient (Wildman–Crippen LogP) is 2.43. The van der Waals surface area contributed by atoms with Gasteiger partial charge in [-0.2, -0.15) is 0 Å². The summed E-state index contributed by atoms with van der Waals surface area (Å²) in [6.45, 7) is 1.22. The van der Waals surface area contributed by atoms with Gasteiger partial charge in [-0.1, -0.05) is 6.07 Å². The van der Waals surface area contributed by atoms with Crippen LogP contribution in [-0.2, 0) is 0 Å². The molecular formula is C10H15BrN2. The van der Waals surface area contributed by atoms with Crippen molar-refractivity contribution in [2.24, 2.45) is 0 Å². The maximum Gasteiger partial charge on any atom is 0.0360 e. The lowest BCUT2D eigenvalue weighted by atomic mass is 10.1. The Hall–Kier alpha value is -0.410. The highest BCUT2D eigenvalue weighted by Crippen LogP contribution is 2.29. The van der Waals surface area contributed by atoms with Gasteiger partial charge in [0, 0.05) is 18.4 Å². The first kappa shape index (κ1) is 10.7. The topological polar surface area (TPSA) is 16.1 Å². The van der Waals surface area contributed by atoms with E-state index in [1.807, 2.05) is 18.5 Å². The molecule has 13 heavy (non-hydrogen) atoms. The lowest BCUT2D eigenvalue weighted by molar-refractivity contribution is 0.317. The summed E-state index contributed by atoms with van der Waals surface area (Å²) in [6.07, 6.45) is 6.41. The summed E-state index contributed by atoms with van der Waals surface area (Å²) in [5, 5.41) is 0. The maximum atomic E-state index is 4.14. The second kappa shape index (κ2) is 4.72. The van der Waals surface area contributed by atoms with E-state index in [-0.39, 0.29) is 17.0 Å². The Morgan fingerprint density at radius 1 is 1.54 bits per heavy atom. The van der Waals surface area contributed by atoms with Crippen LogP contribution in [0.1, 0.15) is 24.4 Å². The zero-order chi connectivity index (χ0) is 8.39. The lowest BCUT2D eigenvalue weighted by Crippen LogP contribution is -2.17. The fraction of sp³-hybridized carbons (Fsp3) is 0.500. The highest BCUT2D eigenvalue weighted by atomic mass is 79.9. The fourth-order valence-corrected chi connectivity index (χ4v) is 1.90. The van der Waals surface area contributed by atoms with Crippen LogP contribution in [-0.4, -0.2) is 23.5 Å². The summed E-state index contributed by atoms with van der Waals surface area (Å²) in [6, 6.07) is 4.79. The number of rotatable bonds is 1. The molecule has 0 unspecified atom stereocenters. The summed E-state index contributed by atoms with van der Waals surface area (Å²) in [5.41, 5.74) is 1.36. The van der Waals surface area contributed by atoms with Crippen LogP contribution in [0.4, 0.5) is 0 Å². The number of likely N-dealkylation sites (tertiary alicyclic amines) is 1. The Labute approximate surface area is 89.7 Å². The molecule has 1 saturated heterocycles. The molecular weight excluding hydrogens is 228 g/mol. The van der Waals surface area contributed by atoms with E-state index in [1.165, 1.54) is 24.9 Å². The molecule has 0 N–H and O–H groups in total. The maximum absolute atomic E-state index is 4.14. The summed E-state index contributed by atoms with van der Waals surface area (Å²) in [4.78, 5) is 6.54. The van der Waals surface area contributed by atoms with Gasteiger partial charge in [-0.05, 0) is 38.1 Å². The molecule has 0 radical (unpaired) electrons. The van der Waals surface area contributed by atoms with Crippen molar-refractivity contribution in [1.29, 1.82) is 0 Å². The van der Waals surface area contributed by atoms with Crippen molar-refractivity contribution in [3.8, 4) is 0 Å². The lowest BCUT2D eigenvalue weighted by Gasteiger charge is -2.18. The van der Waals surface area contributed by atoms with E-state index in [1.54, 1.807) is 0 Å². The van der Waals surface area contributed by atoms with Gasteiger partial charge in [0.1, 0.15) is 0 Å². The smallest absolute Gasteiger partial charge is 0.0360 e. The second-order valence-corrected chi connectivity index (χ2v) is 3.42. The van der Waals surface area contributed by atoms with Crippen molar-refractivity contribution in [3.63, 3.8) is 0 Å². The van der Waals surface area contributed by atoms with Crippen molar-refractivity contribution in [2.75, 3.05) is 13.6 Å². The molecule has 1 atom stereocenters. The monoisotopic (exact) mass is 242 g/mol. The van der Waals surface area contributed by atoms with Crippen molar-refractivity contribution in [3.05, 3.63) is 30.1 Å². The van der Waals surface area contributed by atoms with Gasteiger partial charge < -0.3 is 0 Å². The van der Waals surface area contributed by atoms with E-state index in [0.717, 1.165) is 0 Å². The van der Waals surface area contributed by atoms with Gasteiger partial charge in [-0.25, -0.2) is 0 Å². The van der Waals surface area contributed by atoms with Crippen LogP contribution >= 0.6 is 17.0 Å². The minimum atomic E-state index is 0. The number of aromatic nitrogens is 1. The highest BCUT2D eigenvalue weighted by Gasteiger charge is 2.21. The normalized spacial score (nSPS) is 22.7. The number of nitrogens with zero attached hydrogens (tertiary/aromatic N) is 2. The minimum absolute atomic E-state index is 0. The molecule has 1 aromatic heterocycles. The molecule has 72 valence electrons. The van der Waals surface area contributed by atoms with E-state index in [2.05, 4.69) is 23.0 Å². The molecule has 0 aliphatic carbocycles. The molecule has 0 saturated carbocycles. The van der Waals surface area contributed by atoms with Crippen LogP contribution in [0.3, 0.4) is 0 Å². The van der Waals surface area contributed by atoms with Crippen LogP contribution in [0.2, 0.25) is 0 Å². The molecule has 2 heterocycles. The molecule has 1 aromatic rings. The first-order valence-electron chi connectivity index (χ1n) is 4.48. The highest BCUT2D eigenvalue weighted by molar-refractivity contribution is 8.93. The first-order valence-corrected chi connectivity index (χ1v) is 4.48. The Morgan fingerprint density at radius 2 is 2.38 bits per heavy atom. The molecule has 1 aliphatic heterocycles. The van der Waals surface area contributed by atoms with Crippen LogP contribution < -0.4 is 0 Å². The van der Waals surface area contributed by atoms with Crippen molar-refractivity contribution in [1.82, 2.24) is 9.88 Å². The number of halogens is 1. The van der Waals surface area contributed by atoms with Gasteiger partial charge in [-0.15, -0.1) is 17.0 Å². The predicted molar refractivity (Wildman–Crippen MR) is 59.2 cm³/mol. The van der Waals surface area contributed by atoms with Crippen molar-refractivity contribution >= 4 is 17.0 Å². The minimum Gasteiger partial charge on any atom is -0.299 e. The molecule has 0 amide bonds. The van der Waals surface area contributed by atoms with Gasteiger partial charge in [0.2, 0.25) is 0 Å². The largest absolute Gasteiger partial charge is 0.299 e. The zero-order valence-corrected chi connectivity index (χ0v) is 9.52. The Kier molecular flexibility index (Phi) is 3.88. The molecule has 2 nitrogen and oxygen atoms in total. The molecule has 0 aromatic carbocycles. The Bertz CT molecular complexity index is 250. The van der Waals surface area contributed by atoms with Crippen LogP contribution in [0.25, 0.3) is 0 Å². The molecule has 1 aliphatic rings. The van der Waals surface area contributed by atoms with E-state index in [0.29, 0.717) is 6.04 Å². The molecule has 0 bridgehead atoms. The van der Waals surface area contributed by atoms with E-state index >= 15 is 0 Å². The van der Waals surface area contributed by atoms with Gasteiger partial charge >= 0.3 is 0 Å². The summed E-state index contributed by atoms with van der Waals surface area (Å²) in [5.74, 6) is 0. The van der Waals surface area contributed by atoms with E-state index < -0.39 is 0 Å². The summed E-state index contributed by atoms with van der Waals surface area (Å²) in [7, 11) is 2.19. The first-order chi connectivity index (χ1) is 5.88. The van der Waals surface area contributed by atoms with Gasteiger partial charge in [0.05, 0.1) is 0 Å². The van der Waals surface area contributed by atoms with Gasteiger partial charge in [0.25, 0.3) is 0 Å². The molecule has 2 rings (SSSR count). The Morgan fingerprint density at radius 3 is 2.92 bits per heavy atom. The van der Waals surface area contributed by atoms with Crippen molar-refractivity contribution in [2.45, 2.75) is 18.9 Å². The van der Waals surface area contributed by atoms with Crippen LogP contribution in [0.15, 0.2) is 24.5 Å². The summed E-state index contributed by atoms with van der Waals surface area (Å²) >= 11 is 0. The molecule has 0 spiro atoms. The van der Waals surface area contributed by atoms with Crippen LogP contribution in [0, 0.1) is 0 Å². The number of hydrogen-bond acceptors (Lipinski definition) is 2. The third-order valence-corrected chi connectivity index (χ3v) is 2.59. The summed E-state index contributed by atoms with van der Waals surface area (Å²) < 4.78 is 0. The van der Waals surface area contributed by atoms with Gasteiger partial charge in [-0.3, -0.25) is 9.88 Å².